The number of aryl methyl sites for hydroxylation is 2. The minimum absolute atomic E-state index is 0.0364. The molecule has 0 saturated carbocycles. The molecule has 1 N–H and O–H groups in total. The molecule has 2 aromatic rings. The normalized spacial score (nSPS) is 10.2. The Hall–Kier alpha value is -2.20. The molecule has 0 aliphatic carbocycles. The van der Waals surface area contributed by atoms with Crippen molar-refractivity contribution < 1.29 is 14.3 Å². The molecule has 0 heterocycles. The summed E-state index contributed by atoms with van der Waals surface area (Å²) in [6.07, 6.45) is 0. The number of carbonyl (C=O) groups is 1. The first-order chi connectivity index (χ1) is 11.0. The molecule has 0 atom stereocenters. The van der Waals surface area contributed by atoms with Gasteiger partial charge in [0, 0.05) is 5.02 Å². The van der Waals surface area contributed by atoms with E-state index >= 15 is 0 Å². The maximum atomic E-state index is 11.7. The van der Waals surface area contributed by atoms with Gasteiger partial charge < -0.3 is 14.8 Å². The highest BCUT2D eigenvalue weighted by Crippen LogP contribution is 2.16. The molecule has 2 rings (SSSR count). The van der Waals surface area contributed by atoms with Gasteiger partial charge in [0.15, 0.2) is 6.61 Å². The quantitative estimate of drug-likeness (QED) is 0.788. The third-order valence-electron chi connectivity index (χ3n) is 3.35. The van der Waals surface area contributed by atoms with Crippen molar-refractivity contribution in [3.05, 3.63) is 58.6 Å². The highest BCUT2D eigenvalue weighted by atomic mass is 35.5. The summed E-state index contributed by atoms with van der Waals surface area (Å²) in [7, 11) is 0. The maximum absolute atomic E-state index is 11.7. The van der Waals surface area contributed by atoms with Gasteiger partial charge in [0.25, 0.3) is 5.91 Å². The topological polar surface area (TPSA) is 47.6 Å². The lowest BCUT2D eigenvalue weighted by atomic mass is 10.1. The van der Waals surface area contributed by atoms with Crippen LogP contribution in [0.3, 0.4) is 0 Å². The fourth-order valence-corrected chi connectivity index (χ4v) is 2.02. The Kier molecular flexibility index (Phi) is 6.29. The molecule has 0 saturated heterocycles. The Morgan fingerprint density at radius 2 is 1.70 bits per heavy atom. The van der Waals surface area contributed by atoms with Gasteiger partial charge >= 0.3 is 0 Å². The van der Waals surface area contributed by atoms with Crippen molar-refractivity contribution >= 4 is 17.5 Å². The van der Waals surface area contributed by atoms with Crippen LogP contribution in [0.2, 0.25) is 5.02 Å². The zero-order valence-corrected chi connectivity index (χ0v) is 14.0. The third kappa shape index (κ3) is 5.83. The molecule has 0 aromatic heterocycles. The maximum Gasteiger partial charge on any atom is 0.258 e. The smallest absolute Gasteiger partial charge is 0.258 e. The Morgan fingerprint density at radius 1 is 1.00 bits per heavy atom. The van der Waals surface area contributed by atoms with E-state index in [1.54, 1.807) is 24.3 Å². The minimum atomic E-state index is -0.191. The lowest BCUT2D eigenvalue weighted by molar-refractivity contribution is -0.123. The highest BCUT2D eigenvalue weighted by Gasteiger charge is 2.03. The SMILES string of the molecule is Cc1ccc(OCCNC(=O)COc2ccc(Cl)cc2)cc1C. The van der Waals surface area contributed by atoms with E-state index in [4.69, 9.17) is 21.1 Å². The Morgan fingerprint density at radius 3 is 2.39 bits per heavy atom. The molecule has 23 heavy (non-hydrogen) atoms. The second-order valence-corrected chi connectivity index (χ2v) is 5.62. The number of nitrogens with one attached hydrogen (secondary N) is 1. The monoisotopic (exact) mass is 333 g/mol. The first-order valence-electron chi connectivity index (χ1n) is 7.40. The molecule has 0 spiro atoms. The van der Waals surface area contributed by atoms with E-state index in [2.05, 4.69) is 12.2 Å². The minimum Gasteiger partial charge on any atom is -0.492 e. The van der Waals surface area contributed by atoms with Crippen molar-refractivity contribution in [1.29, 1.82) is 0 Å². The van der Waals surface area contributed by atoms with Gasteiger partial charge in [-0.2, -0.15) is 0 Å². The number of ether oxygens (including phenoxy) is 2. The second-order valence-electron chi connectivity index (χ2n) is 5.19. The summed E-state index contributed by atoms with van der Waals surface area (Å²) >= 11 is 5.78. The average molecular weight is 334 g/mol. The van der Waals surface area contributed by atoms with Crippen LogP contribution in [0.15, 0.2) is 42.5 Å². The van der Waals surface area contributed by atoms with E-state index in [1.165, 1.54) is 11.1 Å². The molecule has 0 unspecified atom stereocenters. The molecule has 0 fully saturated rings. The molecule has 4 nitrogen and oxygen atoms in total. The van der Waals surface area contributed by atoms with Gasteiger partial charge in [-0.25, -0.2) is 0 Å². The largest absolute Gasteiger partial charge is 0.492 e. The van der Waals surface area contributed by atoms with E-state index < -0.39 is 0 Å². The number of amides is 1. The van der Waals surface area contributed by atoms with Crippen LogP contribution >= 0.6 is 11.6 Å². The van der Waals surface area contributed by atoms with Gasteiger partial charge in [0.05, 0.1) is 6.54 Å². The Bertz CT molecular complexity index is 656. The number of benzene rings is 2. The van der Waals surface area contributed by atoms with Crippen molar-refractivity contribution in [3.8, 4) is 11.5 Å². The molecule has 0 aliphatic rings. The summed E-state index contributed by atoms with van der Waals surface area (Å²) in [5.74, 6) is 1.22. The zero-order valence-electron chi connectivity index (χ0n) is 13.3. The van der Waals surface area contributed by atoms with Gasteiger partial charge in [0.2, 0.25) is 0 Å². The number of carbonyl (C=O) groups excluding carboxylic acids is 1. The summed E-state index contributed by atoms with van der Waals surface area (Å²) in [5.41, 5.74) is 2.41. The van der Waals surface area contributed by atoms with Crippen LogP contribution < -0.4 is 14.8 Å². The van der Waals surface area contributed by atoms with Crippen LogP contribution in [0.4, 0.5) is 0 Å². The molecule has 5 heteroatoms. The summed E-state index contributed by atoms with van der Waals surface area (Å²) in [4.78, 5) is 11.7. The summed E-state index contributed by atoms with van der Waals surface area (Å²) in [6.45, 7) is 4.90. The zero-order chi connectivity index (χ0) is 16.7. The molecule has 2 aromatic carbocycles. The van der Waals surface area contributed by atoms with Crippen LogP contribution in [0.1, 0.15) is 11.1 Å². The number of hydrogen-bond donors (Lipinski definition) is 1. The van der Waals surface area contributed by atoms with E-state index in [-0.39, 0.29) is 12.5 Å². The summed E-state index contributed by atoms with van der Waals surface area (Å²) in [5, 5.41) is 3.38. The molecule has 1 amide bonds. The van der Waals surface area contributed by atoms with Crippen LogP contribution in [-0.4, -0.2) is 25.7 Å². The average Bonchev–Trinajstić information content (AvgIpc) is 2.54. The molecular weight excluding hydrogens is 314 g/mol. The standard InChI is InChI=1S/C18H20ClNO3/c1-13-3-6-17(11-14(13)2)22-10-9-20-18(21)12-23-16-7-4-15(19)5-8-16/h3-8,11H,9-10,12H2,1-2H3,(H,20,21). The van der Waals surface area contributed by atoms with Crippen molar-refractivity contribution in [2.75, 3.05) is 19.8 Å². The fourth-order valence-electron chi connectivity index (χ4n) is 1.89. The number of rotatable bonds is 7. The highest BCUT2D eigenvalue weighted by molar-refractivity contribution is 6.30. The van der Waals surface area contributed by atoms with E-state index in [0.29, 0.717) is 23.9 Å². The predicted molar refractivity (Wildman–Crippen MR) is 91.4 cm³/mol. The van der Waals surface area contributed by atoms with Gasteiger partial charge in [-0.15, -0.1) is 0 Å². The molecule has 0 radical (unpaired) electrons. The number of halogens is 1. The van der Waals surface area contributed by atoms with Crippen molar-refractivity contribution in [1.82, 2.24) is 5.32 Å². The predicted octanol–water partition coefficient (Wildman–Crippen LogP) is 3.53. The Labute approximate surface area is 141 Å². The van der Waals surface area contributed by atoms with Gasteiger partial charge in [-0.1, -0.05) is 17.7 Å². The van der Waals surface area contributed by atoms with Crippen LogP contribution in [0.25, 0.3) is 0 Å². The van der Waals surface area contributed by atoms with Crippen LogP contribution in [0, 0.1) is 13.8 Å². The Balaban J connectivity index is 1.64. The molecule has 0 bridgehead atoms. The van der Waals surface area contributed by atoms with Gasteiger partial charge in [-0.3, -0.25) is 4.79 Å². The summed E-state index contributed by atoms with van der Waals surface area (Å²) in [6, 6.07) is 12.8. The van der Waals surface area contributed by atoms with Crippen molar-refractivity contribution in [2.45, 2.75) is 13.8 Å². The third-order valence-corrected chi connectivity index (χ3v) is 3.61. The fraction of sp³-hybridized carbons (Fsp3) is 0.278. The first kappa shape index (κ1) is 17.2. The van der Waals surface area contributed by atoms with Crippen LogP contribution in [0.5, 0.6) is 11.5 Å². The van der Waals surface area contributed by atoms with Gasteiger partial charge in [-0.05, 0) is 61.4 Å². The molecule has 0 aliphatic heterocycles. The second kappa shape index (κ2) is 8.44. The first-order valence-corrected chi connectivity index (χ1v) is 7.77. The lowest BCUT2D eigenvalue weighted by Gasteiger charge is -2.10. The van der Waals surface area contributed by atoms with E-state index in [0.717, 1.165) is 5.75 Å². The van der Waals surface area contributed by atoms with Crippen molar-refractivity contribution in [3.63, 3.8) is 0 Å². The van der Waals surface area contributed by atoms with E-state index in [1.807, 2.05) is 25.1 Å². The molecule has 122 valence electrons. The molecular formula is C18H20ClNO3. The van der Waals surface area contributed by atoms with Gasteiger partial charge in [0.1, 0.15) is 18.1 Å². The summed E-state index contributed by atoms with van der Waals surface area (Å²) < 4.78 is 11.0. The van der Waals surface area contributed by atoms with E-state index in [9.17, 15) is 4.79 Å². The number of hydrogen-bond acceptors (Lipinski definition) is 3. The van der Waals surface area contributed by atoms with Crippen molar-refractivity contribution in [2.24, 2.45) is 0 Å². The van der Waals surface area contributed by atoms with Crippen LogP contribution in [-0.2, 0) is 4.79 Å². The lowest BCUT2D eigenvalue weighted by Crippen LogP contribution is -2.32.